The number of benzene rings is 1. The highest BCUT2D eigenvalue weighted by molar-refractivity contribution is 7.99. The zero-order valence-electron chi connectivity index (χ0n) is 11.6. The van der Waals surface area contributed by atoms with Gasteiger partial charge in [0.1, 0.15) is 6.61 Å². The van der Waals surface area contributed by atoms with E-state index in [-0.39, 0.29) is 0 Å². The Morgan fingerprint density at radius 3 is 2.95 bits per heavy atom. The third-order valence-corrected chi connectivity index (χ3v) is 4.87. The van der Waals surface area contributed by atoms with Gasteiger partial charge in [-0.25, -0.2) is 0 Å². The van der Waals surface area contributed by atoms with Crippen molar-refractivity contribution in [2.45, 2.75) is 31.1 Å². The molecule has 0 spiro atoms. The Bertz CT molecular complexity index is 520. The van der Waals surface area contributed by atoms with Gasteiger partial charge in [0.05, 0.1) is 18.9 Å². The van der Waals surface area contributed by atoms with Gasteiger partial charge in [-0.15, -0.1) is 0 Å². The Morgan fingerprint density at radius 1 is 1.25 bits per heavy atom. The average molecular weight is 288 g/mol. The molecule has 0 N–H and O–H groups in total. The highest BCUT2D eigenvalue weighted by atomic mass is 32.2. The average Bonchev–Trinajstić information content (AvgIpc) is 2.95. The van der Waals surface area contributed by atoms with Crippen LogP contribution >= 0.6 is 11.8 Å². The van der Waals surface area contributed by atoms with Crippen molar-refractivity contribution in [1.29, 1.82) is 0 Å². The SMILES string of the molecule is c1ccc(Cn2cc(OCC3CCCCS3)cn2)cc1. The van der Waals surface area contributed by atoms with E-state index >= 15 is 0 Å². The fourth-order valence-electron chi connectivity index (χ4n) is 2.40. The number of thioether (sulfide) groups is 1. The second-order valence-electron chi connectivity index (χ2n) is 5.16. The largest absolute Gasteiger partial charge is 0.489 e. The second kappa shape index (κ2) is 6.84. The summed E-state index contributed by atoms with van der Waals surface area (Å²) in [5, 5.41) is 5.01. The fraction of sp³-hybridized carbons (Fsp3) is 0.438. The van der Waals surface area contributed by atoms with Crippen molar-refractivity contribution < 1.29 is 4.74 Å². The van der Waals surface area contributed by atoms with Crippen LogP contribution in [-0.2, 0) is 6.54 Å². The number of nitrogens with zero attached hydrogens (tertiary/aromatic N) is 2. The van der Waals surface area contributed by atoms with Gasteiger partial charge in [-0.3, -0.25) is 4.68 Å². The van der Waals surface area contributed by atoms with Gasteiger partial charge >= 0.3 is 0 Å². The summed E-state index contributed by atoms with van der Waals surface area (Å²) in [6, 6.07) is 10.4. The molecular formula is C16H20N2OS. The first-order valence-electron chi connectivity index (χ1n) is 7.21. The van der Waals surface area contributed by atoms with E-state index < -0.39 is 0 Å². The standard InChI is InChI=1S/C16H20N2OS/c1-2-6-14(7-3-1)11-18-12-15(10-17-18)19-13-16-8-4-5-9-20-16/h1-3,6-7,10,12,16H,4-5,8-9,11,13H2. The Morgan fingerprint density at radius 2 is 2.15 bits per heavy atom. The predicted octanol–water partition coefficient (Wildman–Crippen LogP) is 3.60. The highest BCUT2D eigenvalue weighted by Gasteiger charge is 2.14. The summed E-state index contributed by atoms with van der Waals surface area (Å²) >= 11 is 2.04. The van der Waals surface area contributed by atoms with Crippen LogP contribution in [0.15, 0.2) is 42.7 Å². The van der Waals surface area contributed by atoms with Crippen LogP contribution in [-0.4, -0.2) is 27.4 Å². The van der Waals surface area contributed by atoms with Crippen molar-refractivity contribution in [2.75, 3.05) is 12.4 Å². The molecule has 0 amide bonds. The molecule has 1 saturated heterocycles. The summed E-state index contributed by atoms with van der Waals surface area (Å²) in [5.74, 6) is 2.16. The van der Waals surface area contributed by atoms with Crippen LogP contribution in [0.5, 0.6) is 5.75 Å². The van der Waals surface area contributed by atoms with Gasteiger partial charge in [-0.1, -0.05) is 36.8 Å². The maximum absolute atomic E-state index is 5.86. The van der Waals surface area contributed by atoms with Crippen LogP contribution in [0.3, 0.4) is 0 Å². The van der Waals surface area contributed by atoms with Crippen LogP contribution < -0.4 is 4.74 Å². The van der Waals surface area contributed by atoms with Crippen molar-refractivity contribution in [3.8, 4) is 5.75 Å². The lowest BCUT2D eigenvalue weighted by Gasteiger charge is -2.20. The molecule has 0 aliphatic carbocycles. The highest BCUT2D eigenvalue weighted by Crippen LogP contribution is 2.25. The summed E-state index contributed by atoms with van der Waals surface area (Å²) in [6.07, 6.45) is 7.78. The van der Waals surface area contributed by atoms with E-state index in [1.165, 1.54) is 30.6 Å². The summed E-state index contributed by atoms with van der Waals surface area (Å²) in [6.45, 7) is 1.60. The number of ether oxygens (including phenoxy) is 1. The maximum Gasteiger partial charge on any atom is 0.157 e. The van der Waals surface area contributed by atoms with Gasteiger partial charge in [-0.2, -0.15) is 16.9 Å². The Labute approximate surface area is 124 Å². The second-order valence-corrected chi connectivity index (χ2v) is 6.57. The molecule has 3 nitrogen and oxygen atoms in total. The molecule has 106 valence electrons. The van der Waals surface area contributed by atoms with Crippen molar-refractivity contribution in [2.24, 2.45) is 0 Å². The minimum absolute atomic E-state index is 0.654. The van der Waals surface area contributed by atoms with Crippen molar-refractivity contribution in [3.05, 3.63) is 48.3 Å². The van der Waals surface area contributed by atoms with Gasteiger partial charge in [0.15, 0.2) is 5.75 Å². The van der Waals surface area contributed by atoms with Gasteiger partial charge in [0.2, 0.25) is 0 Å². The quantitative estimate of drug-likeness (QED) is 0.841. The summed E-state index contributed by atoms with van der Waals surface area (Å²) < 4.78 is 7.79. The monoisotopic (exact) mass is 288 g/mol. The van der Waals surface area contributed by atoms with E-state index in [0.717, 1.165) is 18.9 Å². The first-order valence-corrected chi connectivity index (χ1v) is 8.26. The van der Waals surface area contributed by atoms with Gasteiger partial charge in [-0.05, 0) is 24.2 Å². The lowest BCUT2D eigenvalue weighted by atomic mass is 10.2. The van der Waals surface area contributed by atoms with Gasteiger partial charge in [0.25, 0.3) is 0 Å². The summed E-state index contributed by atoms with van der Waals surface area (Å²) in [7, 11) is 0. The molecule has 2 aromatic rings. The van der Waals surface area contributed by atoms with E-state index in [1.54, 1.807) is 0 Å². The molecule has 1 aromatic heterocycles. The fourth-order valence-corrected chi connectivity index (χ4v) is 3.61. The molecule has 20 heavy (non-hydrogen) atoms. The molecule has 3 rings (SSSR count). The van der Waals surface area contributed by atoms with E-state index in [1.807, 2.05) is 34.9 Å². The van der Waals surface area contributed by atoms with Crippen LogP contribution in [0.1, 0.15) is 24.8 Å². The molecule has 0 saturated carbocycles. The summed E-state index contributed by atoms with van der Waals surface area (Å²) in [4.78, 5) is 0. The third kappa shape index (κ3) is 3.79. The van der Waals surface area contributed by atoms with Crippen LogP contribution in [0.2, 0.25) is 0 Å². The third-order valence-electron chi connectivity index (χ3n) is 3.51. The van der Waals surface area contributed by atoms with Gasteiger partial charge < -0.3 is 4.74 Å². The van der Waals surface area contributed by atoms with Gasteiger partial charge in [0, 0.05) is 5.25 Å². The zero-order chi connectivity index (χ0) is 13.6. The molecular weight excluding hydrogens is 268 g/mol. The van der Waals surface area contributed by atoms with E-state index in [0.29, 0.717) is 5.25 Å². The zero-order valence-corrected chi connectivity index (χ0v) is 12.4. The Balaban J connectivity index is 1.51. The molecule has 2 heterocycles. The first-order chi connectivity index (χ1) is 9.90. The molecule has 4 heteroatoms. The van der Waals surface area contributed by atoms with Crippen LogP contribution in [0.4, 0.5) is 0 Å². The summed E-state index contributed by atoms with van der Waals surface area (Å²) in [5.41, 5.74) is 1.25. The normalized spacial score (nSPS) is 18.9. The smallest absolute Gasteiger partial charge is 0.157 e. The van der Waals surface area contributed by atoms with E-state index in [2.05, 4.69) is 29.4 Å². The van der Waals surface area contributed by atoms with Crippen molar-refractivity contribution >= 4 is 11.8 Å². The predicted molar refractivity (Wildman–Crippen MR) is 83.4 cm³/mol. The Hall–Kier alpha value is -1.42. The molecule has 0 radical (unpaired) electrons. The molecule has 1 fully saturated rings. The number of hydrogen-bond acceptors (Lipinski definition) is 3. The van der Waals surface area contributed by atoms with Crippen molar-refractivity contribution in [1.82, 2.24) is 9.78 Å². The number of rotatable bonds is 5. The Kier molecular flexibility index (Phi) is 4.64. The lowest BCUT2D eigenvalue weighted by molar-refractivity contribution is 0.308. The first kappa shape index (κ1) is 13.6. The molecule has 1 aliphatic rings. The minimum Gasteiger partial charge on any atom is -0.489 e. The minimum atomic E-state index is 0.654. The maximum atomic E-state index is 5.86. The van der Waals surface area contributed by atoms with E-state index in [9.17, 15) is 0 Å². The topological polar surface area (TPSA) is 27.1 Å². The lowest BCUT2D eigenvalue weighted by Crippen LogP contribution is -2.18. The van der Waals surface area contributed by atoms with Crippen molar-refractivity contribution in [3.63, 3.8) is 0 Å². The number of aromatic nitrogens is 2. The number of hydrogen-bond donors (Lipinski definition) is 0. The molecule has 0 bridgehead atoms. The molecule has 1 atom stereocenters. The van der Waals surface area contributed by atoms with E-state index in [4.69, 9.17) is 4.74 Å². The molecule has 1 aliphatic heterocycles. The van der Waals surface area contributed by atoms with Crippen LogP contribution in [0.25, 0.3) is 0 Å². The molecule has 1 unspecified atom stereocenters. The molecule has 1 aromatic carbocycles. The van der Waals surface area contributed by atoms with Crippen LogP contribution in [0, 0.1) is 0 Å².